The Labute approximate surface area is 302 Å². The average Bonchev–Trinajstić information content (AvgIpc) is 3.43. The minimum atomic E-state index is -1.16. The summed E-state index contributed by atoms with van der Waals surface area (Å²) >= 11 is 0. The lowest BCUT2D eigenvalue weighted by Crippen LogP contribution is -2.61. The molecule has 0 aromatic heterocycles. The molecule has 1 aliphatic heterocycles. The first-order valence-electron chi connectivity index (χ1n) is 18.9. The predicted octanol–water partition coefficient (Wildman–Crippen LogP) is 3.18. The van der Waals surface area contributed by atoms with Crippen molar-refractivity contribution in [3.05, 3.63) is 12.7 Å². The van der Waals surface area contributed by atoms with Gasteiger partial charge in [-0.15, -0.1) is 18.9 Å². The second kappa shape index (κ2) is 18.4. The highest BCUT2D eigenvalue weighted by Gasteiger charge is 2.69. The number of terminal acetylenes is 1. The highest BCUT2D eigenvalue weighted by atomic mass is 16.5. The molecule has 4 fully saturated rings. The summed E-state index contributed by atoms with van der Waals surface area (Å²) in [5.41, 5.74) is -0.207. The van der Waals surface area contributed by atoms with Crippen LogP contribution in [0.15, 0.2) is 12.7 Å². The van der Waals surface area contributed by atoms with Crippen LogP contribution >= 0.6 is 0 Å². The van der Waals surface area contributed by atoms with Crippen molar-refractivity contribution in [2.45, 2.75) is 122 Å². The lowest BCUT2D eigenvalue weighted by molar-refractivity contribution is -0.144. The number of carbonyl (C=O) groups excluding carboxylic acids is 6. The van der Waals surface area contributed by atoms with Gasteiger partial charge in [-0.3, -0.25) is 19.2 Å². The molecule has 5 N–H and O–H groups in total. The van der Waals surface area contributed by atoms with Gasteiger partial charge in [0.25, 0.3) is 5.91 Å². The van der Waals surface area contributed by atoms with Gasteiger partial charge in [-0.1, -0.05) is 58.4 Å². The van der Waals surface area contributed by atoms with E-state index in [0.29, 0.717) is 13.1 Å². The van der Waals surface area contributed by atoms with Gasteiger partial charge in [0, 0.05) is 26.1 Å². The maximum Gasteiger partial charge on any atom is 0.407 e. The molecule has 4 rings (SSSR count). The molecule has 0 spiro atoms. The fraction of sp³-hybridized carbons (Fsp3) is 0.737. The first kappa shape index (κ1) is 39.7. The van der Waals surface area contributed by atoms with E-state index in [4.69, 9.17) is 11.2 Å². The molecule has 6 atom stereocenters. The van der Waals surface area contributed by atoms with Gasteiger partial charge in [0.1, 0.15) is 18.7 Å². The maximum absolute atomic E-state index is 14.6. The summed E-state index contributed by atoms with van der Waals surface area (Å²) in [6.45, 7) is 10.4. The van der Waals surface area contributed by atoms with Crippen LogP contribution < -0.4 is 26.6 Å². The summed E-state index contributed by atoms with van der Waals surface area (Å²) in [4.78, 5) is 81.9. The van der Waals surface area contributed by atoms with Crippen LogP contribution in [0.4, 0.5) is 9.59 Å². The molecular weight excluding hydrogens is 652 g/mol. The Bertz CT molecular complexity index is 1330. The quantitative estimate of drug-likeness (QED) is 0.0929. The van der Waals surface area contributed by atoms with Crippen LogP contribution in [-0.2, 0) is 23.9 Å². The van der Waals surface area contributed by atoms with E-state index >= 15 is 0 Å². The highest BCUT2D eigenvalue weighted by molar-refractivity contribution is 6.38. The van der Waals surface area contributed by atoms with Crippen molar-refractivity contribution in [3.63, 3.8) is 0 Å². The third-order valence-corrected chi connectivity index (χ3v) is 11.5. The van der Waals surface area contributed by atoms with Gasteiger partial charge in [0.2, 0.25) is 17.6 Å². The number of nitrogens with zero attached hydrogens (tertiary/aromatic N) is 1. The SMILES string of the molecule is C#CCCC(NC(=O)[C@@H]1C2C(CN1C(=O)[C@@H](NC(=O)N[C@H](COC(=O)NCC)C1CCCCC1)C1CCCCC1)C2(C)C)C(=O)C(=O)NCC=C. The number of carbonyl (C=O) groups is 6. The van der Waals surface area contributed by atoms with Crippen LogP contribution in [0.5, 0.6) is 0 Å². The zero-order valence-corrected chi connectivity index (χ0v) is 30.6. The maximum atomic E-state index is 14.6. The van der Waals surface area contributed by atoms with Crippen molar-refractivity contribution in [3.8, 4) is 12.3 Å². The number of fused-ring (bicyclic) bond motifs is 1. The van der Waals surface area contributed by atoms with Crippen molar-refractivity contribution < 1.29 is 33.5 Å². The summed E-state index contributed by atoms with van der Waals surface area (Å²) in [6, 6.07) is -3.85. The van der Waals surface area contributed by atoms with Crippen LogP contribution in [0.25, 0.3) is 0 Å². The number of hydrogen-bond donors (Lipinski definition) is 5. The summed E-state index contributed by atoms with van der Waals surface area (Å²) in [7, 11) is 0. The molecule has 51 heavy (non-hydrogen) atoms. The summed E-state index contributed by atoms with van der Waals surface area (Å²) in [5, 5.41) is 13.9. The van der Waals surface area contributed by atoms with E-state index in [1.807, 2.05) is 0 Å². The lowest BCUT2D eigenvalue weighted by atomic mass is 9.83. The minimum Gasteiger partial charge on any atom is -0.447 e. The van der Waals surface area contributed by atoms with Crippen LogP contribution in [-0.4, -0.2) is 90.9 Å². The molecule has 0 radical (unpaired) electrons. The van der Waals surface area contributed by atoms with Crippen LogP contribution in [0.2, 0.25) is 0 Å². The topological polar surface area (TPSA) is 175 Å². The molecule has 0 aromatic carbocycles. The lowest BCUT2D eigenvalue weighted by Gasteiger charge is -2.37. The Morgan fingerprint density at radius 1 is 0.941 bits per heavy atom. The Morgan fingerprint density at radius 2 is 1.59 bits per heavy atom. The second-order valence-electron chi connectivity index (χ2n) is 15.2. The molecule has 282 valence electrons. The van der Waals surface area contributed by atoms with Crippen molar-refractivity contribution in [1.82, 2.24) is 31.5 Å². The Hall–Kier alpha value is -4.08. The molecule has 3 unspecified atom stereocenters. The van der Waals surface area contributed by atoms with Crippen molar-refractivity contribution >= 4 is 35.6 Å². The van der Waals surface area contributed by atoms with Crippen LogP contribution in [0.3, 0.4) is 0 Å². The van der Waals surface area contributed by atoms with Crippen molar-refractivity contribution in [2.24, 2.45) is 29.1 Å². The van der Waals surface area contributed by atoms with E-state index in [9.17, 15) is 28.8 Å². The van der Waals surface area contributed by atoms with Crippen LogP contribution in [0, 0.1) is 41.4 Å². The van der Waals surface area contributed by atoms with E-state index in [-0.39, 0.29) is 61.0 Å². The van der Waals surface area contributed by atoms with E-state index in [1.165, 1.54) is 6.08 Å². The Morgan fingerprint density at radius 3 is 2.20 bits per heavy atom. The largest absolute Gasteiger partial charge is 0.447 e. The normalized spacial score (nSPS) is 24.4. The van der Waals surface area contributed by atoms with E-state index < -0.39 is 53.9 Å². The molecule has 13 nitrogen and oxygen atoms in total. The molecule has 0 bridgehead atoms. The monoisotopic (exact) mass is 710 g/mol. The van der Waals surface area contributed by atoms with E-state index in [0.717, 1.165) is 64.2 Å². The smallest absolute Gasteiger partial charge is 0.407 e. The molecular formula is C38H58N6O7. The number of rotatable bonds is 16. The average molecular weight is 711 g/mol. The molecule has 1 heterocycles. The van der Waals surface area contributed by atoms with Gasteiger partial charge in [0.05, 0.1) is 12.1 Å². The highest BCUT2D eigenvalue weighted by Crippen LogP contribution is 2.65. The molecule has 4 aliphatic rings. The fourth-order valence-corrected chi connectivity index (χ4v) is 8.55. The van der Waals surface area contributed by atoms with E-state index in [1.54, 1.807) is 11.8 Å². The number of nitrogens with one attached hydrogen (secondary N) is 5. The van der Waals surface area contributed by atoms with Gasteiger partial charge in [0.15, 0.2) is 0 Å². The number of ketones is 1. The summed E-state index contributed by atoms with van der Waals surface area (Å²) in [5.74, 6) is -0.116. The zero-order chi connectivity index (χ0) is 37.1. The van der Waals surface area contributed by atoms with Crippen LogP contribution in [0.1, 0.15) is 97.8 Å². The number of amides is 6. The zero-order valence-electron chi connectivity index (χ0n) is 30.6. The third-order valence-electron chi connectivity index (χ3n) is 11.5. The first-order valence-corrected chi connectivity index (χ1v) is 18.9. The number of hydrogen-bond acceptors (Lipinski definition) is 7. The van der Waals surface area contributed by atoms with Crippen molar-refractivity contribution in [2.75, 3.05) is 26.2 Å². The van der Waals surface area contributed by atoms with E-state index in [2.05, 4.69) is 52.9 Å². The van der Waals surface area contributed by atoms with Gasteiger partial charge >= 0.3 is 12.1 Å². The van der Waals surface area contributed by atoms with Gasteiger partial charge in [-0.2, -0.15) is 0 Å². The third kappa shape index (κ3) is 10.0. The number of likely N-dealkylation sites (tertiary alicyclic amines) is 1. The summed E-state index contributed by atoms with van der Waals surface area (Å²) in [6.07, 6.45) is 16.0. The number of urea groups is 1. The Balaban J connectivity index is 1.54. The molecule has 3 saturated carbocycles. The number of Topliss-reactive ketones (excluding diaryl/α,β-unsaturated/α-hetero) is 1. The number of alkyl carbamates (subject to hydrolysis) is 1. The second-order valence-corrected chi connectivity index (χ2v) is 15.2. The van der Waals surface area contributed by atoms with Gasteiger partial charge < -0.3 is 36.2 Å². The van der Waals surface area contributed by atoms with Gasteiger partial charge in [-0.05, 0) is 68.1 Å². The molecule has 0 aromatic rings. The fourth-order valence-electron chi connectivity index (χ4n) is 8.55. The Kier molecular flexibility index (Phi) is 14.3. The van der Waals surface area contributed by atoms with Gasteiger partial charge in [-0.25, -0.2) is 9.59 Å². The standard InChI is InChI=1S/C38H58N6O7/c1-6-9-20-27(32(45)34(47)40-21-7-2)41-33(46)31-29-26(38(29,4)5)22-44(31)35(48)30(25-18-14-11-15-19-25)43-36(49)42-28(23-51-37(50)39-8-3)24-16-12-10-13-17-24/h1,7,24-31H,2,8-23H2,3-5H3,(H,39,50)(H,40,47)(H,41,46)(H2,42,43,49)/t26?,27?,28-,29?,30+,31+/m1/s1. The molecule has 3 aliphatic carbocycles. The van der Waals surface area contributed by atoms with Crippen molar-refractivity contribution in [1.29, 1.82) is 0 Å². The molecule has 6 amide bonds. The summed E-state index contributed by atoms with van der Waals surface area (Å²) < 4.78 is 5.46. The first-order chi connectivity index (χ1) is 24.4. The molecule has 13 heteroatoms. The minimum absolute atomic E-state index is 0.0178. The predicted molar refractivity (Wildman–Crippen MR) is 192 cm³/mol. The number of piperidine rings is 1. The number of ether oxygens (including phenoxy) is 1. The molecule has 1 saturated heterocycles.